The predicted molar refractivity (Wildman–Crippen MR) is 62.6 cm³/mol. The van der Waals surface area contributed by atoms with Crippen molar-refractivity contribution in [2.24, 2.45) is 5.73 Å². The van der Waals surface area contributed by atoms with Crippen molar-refractivity contribution < 1.29 is 0 Å². The average molecular weight is 233 g/mol. The third kappa shape index (κ3) is 1.72. The highest BCUT2D eigenvalue weighted by molar-refractivity contribution is 5.47. The summed E-state index contributed by atoms with van der Waals surface area (Å²) in [5.74, 6) is 0.933. The fraction of sp³-hybridized carbons (Fsp3) is 0.600. The van der Waals surface area contributed by atoms with Crippen LogP contribution in [0.2, 0.25) is 0 Å². The Labute approximate surface area is 98.6 Å². The molecule has 2 aromatic heterocycles. The Hall–Kier alpha value is -1.76. The molecule has 0 aliphatic heterocycles. The maximum absolute atomic E-state index is 5.68. The van der Waals surface area contributed by atoms with Crippen LogP contribution in [-0.4, -0.2) is 44.2 Å². The van der Waals surface area contributed by atoms with Crippen molar-refractivity contribution in [1.82, 2.24) is 25.0 Å². The Bertz CT molecular complexity index is 504. The average Bonchev–Trinajstić information content (AvgIpc) is 2.73. The van der Waals surface area contributed by atoms with Crippen LogP contribution in [0.25, 0.3) is 5.65 Å². The zero-order valence-electron chi connectivity index (χ0n) is 9.53. The second kappa shape index (κ2) is 4.25. The zero-order valence-corrected chi connectivity index (χ0v) is 9.53. The van der Waals surface area contributed by atoms with Crippen molar-refractivity contribution in [1.29, 1.82) is 0 Å². The van der Waals surface area contributed by atoms with Gasteiger partial charge in [-0.25, -0.2) is 0 Å². The molecule has 0 aromatic carbocycles. The third-order valence-electron chi connectivity index (χ3n) is 3.27. The molecule has 2 heterocycles. The molecule has 3 rings (SSSR count). The van der Waals surface area contributed by atoms with E-state index in [1.54, 1.807) is 16.9 Å². The first-order chi connectivity index (χ1) is 8.40. The summed E-state index contributed by atoms with van der Waals surface area (Å²) >= 11 is 0. The van der Waals surface area contributed by atoms with E-state index in [0.29, 0.717) is 18.2 Å². The van der Waals surface area contributed by atoms with Crippen LogP contribution in [0.3, 0.4) is 0 Å². The summed E-state index contributed by atoms with van der Waals surface area (Å²) in [6, 6.07) is 0.551. The van der Waals surface area contributed by atoms with E-state index in [0.717, 1.165) is 12.4 Å². The van der Waals surface area contributed by atoms with Crippen LogP contribution in [0.15, 0.2) is 12.4 Å². The second-order valence-electron chi connectivity index (χ2n) is 4.28. The molecule has 1 fully saturated rings. The molecule has 1 saturated carbocycles. The van der Waals surface area contributed by atoms with Crippen molar-refractivity contribution in [3.63, 3.8) is 0 Å². The van der Waals surface area contributed by atoms with Gasteiger partial charge in [-0.2, -0.15) is 4.52 Å². The molecule has 1 aliphatic rings. The lowest BCUT2D eigenvalue weighted by Crippen LogP contribution is -2.44. The highest BCUT2D eigenvalue weighted by Gasteiger charge is 2.26. The lowest BCUT2D eigenvalue weighted by atomic mass is 9.91. The van der Waals surface area contributed by atoms with Gasteiger partial charge < -0.3 is 10.6 Å². The van der Waals surface area contributed by atoms with Gasteiger partial charge >= 0.3 is 0 Å². The molecular formula is C10H15N7. The molecule has 0 unspecified atom stereocenters. The van der Waals surface area contributed by atoms with E-state index in [2.05, 4.69) is 25.4 Å². The van der Waals surface area contributed by atoms with Gasteiger partial charge in [0.1, 0.15) is 0 Å². The number of nitrogens with zero attached hydrogens (tertiary/aromatic N) is 6. The number of aromatic nitrogens is 5. The SMILES string of the molecule is NCCN(c1cncc2nnnn12)C1CCC1. The maximum atomic E-state index is 5.68. The van der Waals surface area contributed by atoms with Crippen LogP contribution >= 0.6 is 0 Å². The molecule has 7 nitrogen and oxygen atoms in total. The molecular weight excluding hydrogens is 218 g/mol. The van der Waals surface area contributed by atoms with Crippen molar-refractivity contribution in [3.05, 3.63) is 12.4 Å². The molecule has 0 spiro atoms. The number of anilines is 1. The lowest BCUT2D eigenvalue weighted by Gasteiger charge is -2.38. The van der Waals surface area contributed by atoms with Gasteiger partial charge in [-0.15, -0.1) is 5.10 Å². The van der Waals surface area contributed by atoms with E-state index in [-0.39, 0.29) is 0 Å². The molecule has 0 amide bonds. The van der Waals surface area contributed by atoms with Gasteiger partial charge in [0.25, 0.3) is 0 Å². The predicted octanol–water partition coefficient (Wildman–Crippen LogP) is -0.163. The summed E-state index contributed by atoms with van der Waals surface area (Å²) in [7, 11) is 0. The molecule has 2 aromatic rings. The highest BCUT2D eigenvalue weighted by atomic mass is 15.5. The van der Waals surface area contributed by atoms with Gasteiger partial charge in [0.15, 0.2) is 11.5 Å². The van der Waals surface area contributed by atoms with Crippen LogP contribution in [0.5, 0.6) is 0 Å². The van der Waals surface area contributed by atoms with Crippen molar-refractivity contribution >= 4 is 11.5 Å². The summed E-state index contributed by atoms with van der Waals surface area (Å²) in [6.07, 6.45) is 7.16. The number of rotatable bonds is 4. The van der Waals surface area contributed by atoms with Crippen LogP contribution in [0.4, 0.5) is 5.82 Å². The molecule has 7 heteroatoms. The lowest BCUT2D eigenvalue weighted by molar-refractivity contribution is 0.384. The molecule has 0 atom stereocenters. The van der Waals surface area contributed by atoms with Gasteiger partial charge in [0.05, 0.1) is 12.4 Å². The van der Waals surface area contributed by atoms with E-state index in [9.17, 15) is 0 Å². The zero-order chi connectivity index (χ0) is 11.7. The van der Waals surface area contributed by atoms with Gasteiger partial charge in [0.2, 0.25) is 0 Å². The van der Waals surface area contributed by atoms with Crippen molar-refractivity contribution in [2.75, 3.05) is 18.0 Å². The second-order valence-corrected chi connectivity index (χ2v) is 4.28. The molecule has 17 heavy (non-hydrogen) atoms. The number of nitrogens with two attached hydrogens (primary N) is 1. The first-order valence-electron chi connectivity index (χ1n) is 5.89. The van der Waals surface area contributed by atoms with Gasteiger partial charge in [0, 0.05) is 19.1 Å². The van der Waals surface area contributed by atoms with E-state index in [1.807, 2.05) is 0 Å². The topological polar surface area (TPSA) is 85.2 Å². The summed E-state index contributed by atoms with van der Waals surface area (Å²) in [5, 5.41) is 11.6. The van der Waals surface area contributed by atoms with Crippen LogP contribution < -0.4 is 10.6 Å². The highest BCUT2D eigenvalue weighted by Crippen LogP contribution is 2.28. The van der Waals surface area contributed by atoms with Crippen LogP contribution in [0, 0.1) is 0 Å². The molecule has 2 N–H and O–H groups in total. The number of tetrazole rings is 1. The first kappa shape index (κ1) is 10.4. The van der Waals surface area contributed by atoms with E-state index in [1.165, 1.54) is 19.3 Å². The minimum absolute atomic E-state index is 0.551. The minimum Gasteiger partial charge on any atom is -0.351 e. The van der Waals surface area contributed by atoms with Crippen molar-refractivity contribution in [2.45, 2.75) is 25.3 Å². The summed E-state index contributed by atoms with van der Waals surface area (Å²) < 4.78 is 1.72. The summed E-state index contributed by atoms with van der Waals surface area (Å²) in [4.78, 5) is 6.45. The fourth-order valence-corrected chi connectivity index (χ4v) is 2.18. The first-order valence-corrected chi connectivity index (χ1v) is 5.89. The normalized spacial score (nSPS) is 16.1. The molecule has 90 valence electrons. The Morgan fingerprint density at radius 3 is 3.00 bits per heavy atom. The Morgan fingerprint density at radius 2 is 2.29 bits per heavy atom. The largest absolute Gasteiger partial charge is 0.351 e. The molecule has 0 radical (unpaired) electrons. The van der Waals surface area contributed by atoms with E-state index in [4.69, 9.17) is 5.73 Å². The molecule has 0 bridgehead atoms. The molecule has 1 aliphatic carbocycles. The summed E-state index contributed by atoms with van der Waals surface area (Å²) in [5.41, 5.74) is 6.35. The quantitative estimate of drug-likeness (QED) is 0.789. The van der Waals surface area contributed by atoms with Crippen molar-refractivity contribution in [3.8, 4) is 0 Å². The molecule has 0 saturated heterocycles. The van der Waals surface area contributed by atoms with Gasteiger partial charge in [-0.05, 0) is 29.7 Å². The van der Waals surface area contributed by atoms with E-state index >= 15 is 0 Å². The number of hydrogen-bond donors (Lipinski definition) is 1. The van der Waals surface area contributed by atoms with Crippen LogP contribution in [0.1, 0.15) is 19.3 Å². The monoisotopic (exact) mass is 233 g/mol. The Balaban J connectivity index is 2.01. The standard InChI is InChI=1S/C10H15N7/c11-4-5-16(8-2-1-3-8)10-7-12-6-9-13-14-15-17(9)10/h6-8H,1-5,11H2. The van der Waals surface area contributed by atoms with Crippen LogP contribution in [-0.2, 0) is 0 Å². The Kier molecular flexibility index (Phi) is 2.60. The van der Waals surface area contributed by atoms with Gasteiger partial charge in [-0.3, -0.25) is 4.98 Å². The Morgan fingerprint density at radius 1 is 1.41 bits per heavy atom. The smallest absolute Gasteiger partial charge is 0.199 e. The number of fused-ring (bicyclic) bond motifs is 1. The third-order valence-corrected chi connectivity index (χ3v) is 3.27. The van der Waals surface area contributed by atoms with Gasteiger partial charge in [-0.1, -0.05) is 0 Å². The minimum atomic E-state index is 0.551. The number of hydrogen-bond acceptors (Lipinski definition) is 6. The maximum Gasteiger partial charge on any atom is 0.199 e. The fourth-order valence-electron chi connectivity index (χ4n) is 2.18. The summed E-state index contributed by atoms with van der Waals surface area (Å²) in [6.45, 7) is 1.43. The van der Waals surface area contributed by atoms with E-state index < -0.39 is 0 Å².